The van der Waals surface area contributed by atoms with Crippen molar-refractivity contribution in [3.63, 3.8) is 0 Å². The van der Waals surface area contributed by atoms with Gasteiger partial charge in [0.1, 0.15) is 0 Å². The first-order chi connectivity index (χ1) is 7.60. The molecule has 0 radical (unpaired) electrons. The third kappa shape index (κ3) is 1.27. The van der Waals surface area contributed by atoms with Gasteiger partial charge in [-0.25, -0.2) is 0 Å². The van der Waals surface area contributed by atoms with Crippen LogP contribution in [0.15, 0.2) is 18.2 Å². The predicted molar refractivity (Wildman–Crippen MR) is 69.4 cm³/mol. The average Bonchev–Trinajstić information content (AvgIpc) is 2.50. The maximum absolute atomic E-state index is 5.45. The van der Waals surface area contributed by atoms with Gasteiger partial charge in [0, 0.05) is 5.54 Å². The maximum Gasteiger partial charge on any atom is 0.178 e. The molecule has 1 fully saturated rings. The van der Waals surface area contributed by atoms with Crippen molar-refractivity contribution in [2.24, 2.45) is 0 Å². The quantitative estimate of drug-likeness (QED) is 0.739. The Kier molecular flexibility index (Phi) is 2.02. The van der Waals surface area contributed by atoms with Gasteiger partial charge in [0.25, 0.3) is 0 Å². The fourth-order valence-electron chi connectivity index (χ4n) is 2.66. The summed E-state index contributed by atoms with van der Waals surface area (Å²) >= 11 is 5.45. The molecule has 0 spiro atoms. The summed E-state index contributed by atoms with van der Waals surface area (Å²) in [7, 11) is 0. The largest absolute Gasteiger partial charge is 0.331 e. The molecule has 0 bridgehead atoms. The van der Waals surface area contributed by atoms with Gasteiger partial charge in [0.2, 0.25) is 0 Å². The smallest absolute Gasteiger partial charge is 0.178 e. The SMILES string of the molecule is Cc1ccc2[nH]c(=S)n(C3(C)CCC3)c2c1. The Balaban J connectivity index is 2.34. The van der Waals surface area contributed by atoms with E-state index in [1.165, 1.54) is 30.3 Å². The van der Waals surface area contributed by atoms with Gasteiger partial charge < -0.3 is 9.55 Å². The summed E-state index contributed by atoms with van der Waals surface area (Å²) in [5.41, 5.74) is 3.94. The number of aromatic amines is 1. The molecule has 2 aromatic rings. The van der Waals surface area contributed by atoms with Gasteiger partial charge in [-0.1, -0.05) is 6.07 Å². The number of hydrogen-bond acceptors (Lipinski definition) is 1. The number of aromatic nitrogens is 2. The van der Waals surface area contributed by atoms with E-state index in [9.17, 15) is 0 Å². The minimum atomic E-state index is 0.239. The summed E-state index contributed by atoms with van der Waals surface area (Å²) in [4.78, 5) is 3.31. The Hall–Kier alpha value is -1.09. The first kappa shape index (κ1) is 10.1. The lowest BCUT2D eigenvalue weighted by Crippen LogP contribution is -2.37. The molecule has 84 valence electrons. The summed E-state index contributed by atoms with van der Waals surface area (Å²) < 4.78 is 3.18. The second-order valence-corrected chi connectivity index (χ2v) is 5.52. The molecule has 0 saturated heterocycles. The van der Waals surface area contributed by atoms with Gasteiger partial charge in [-0.3, -0.25) is 0 Å². The van der Waals surface area contributed by atoms with E-state index >= 15 is 0 Å². The molecule has 3 rings (SSSR count). The highest BCUT2D eigenvalue weighted by Gasteiger charge is 2.35. The van der Waals surface area contributed by atoms with Crippen molar-refractivity contribution in [1.82, 2.24) is 9.55 Å². The third-order valence-electron chi connectivity index (χ3n) is 3.81. The van der Waals surface area contributed by atoms with E-state index in [0.717, 1.165) is 10.3 Å². The fraction of sp³-hybridized carbons (Fsp3) is 0.462. The second-order valence-electron chi connectivity index (χ2n) is 5.14. The lowest BCUT2D eigenvalue weighted by atomic mass is 9.78. The maximum atomic E-state index is 5.45. The molecule has 1 N–H and O–H groups in total. The van der Waals surface area contributed by atoms with Gasteiger partial charge >= 0.3 is 0 Å². The van der Waals surface area contributed by atoms with Crippen molar-refractivity contribution in [1.29, 1.82) is 0 Å². The molecule has 16 heavy (non-hydrogen) atoms. The van der Waals surface area contributed by atoms with Crippen LogP contribution in [0.5, 0.6) is 0 Å². The summed E-state index contributed by atoms with van der Waals surface area (Å²) in [6.07, 6.45) is 3.79. The van der Waals surface area contributed by atoms with Crippen LogP contribution < -0.4 is 0 Å². The lowest BCUT2D eigenvalue weighted by Gasteiger charge is -2.40. The molecule has 1 aromatic carbocycles. The summed E-state index contributed by atoms with van der Waals surface area (Å²) in [6.45, 7) is 4.44. The van der Waals surface area contributed by atoms with Crippen LogP contribution in [0.4, 0.5) is 0 Å². The Morgan fingerprint density at radius 2 is 2.12 bits per heavy atom. The van der Waals surface area contributed by atoms with Crippen LogP contribution in [0.3, 0.4) is 0 Å². The van der Waals surface area contributed by atoms with Crippen molar-refractivity contribution in [2.75, 3.05) is 0 Å². The number of benzene rings is 1. The molecule has 0 amide bonds. The van der Waals surface area contributed by atoms with E-state index in [-0.39, 0.29) is 5.54 Å². The number of rotatable bonds is 1. The van der Waals surface area contributed by atoms with E-state index in [0.29, 0.717) is 0 Å². The zero-order valence-electron chi connectivity index (χ0n) is 9.71. The van der Waals surface area contributed by atoms with Crippen molar-refractivity contribution in [2.45, 2.75) is 38.6 Å². The third-order valence-corrected chi connectivity index (χ3v) is 4.09. The topological polar surface area (TPSA) is 20.7 Å². The Bertz CT molecular complexity index is 602. The van der Waals surface area contributed by atoms with Crippen LogP contribution in [0, 0.1) is 11.7 Å². The van der Waals surface area contributed by atoms with E-state index in [1.54, 1.807) is 0 Å². The van der Waals surface area contributed by atoms with E-state index in [2.05, 4.69) is 41.6 Å². The molecule has 0 atom stereocenters. The molecular formula is C13H16N2S. The number of fused-ring (bicyclic) bond motifs is 1. The average molecular weight is 232 g/mol. The standard InChI is InChI=1S/C13H16N2S/c1-9-4-5-10-11(8-9)15(12(16)14-10)13(2)6-3-7-13/h4-5,8H,3,6-7H2,1-2H3,(H,14,16). The highest BCUT2D eigenvalue weighted by Crippen LogP contribution is 2.40. The van der Waals surface area contributed by atoms with Crippen molar-refractivity contribution >= 4 is 23.3 Å². The first-order valence-electron chi connectivity index (χ1n) is 5.82. The van der Waals surface area contributed by atoms with Crippen molar-refractivity contribution in [3.05, 3.63) is 28.5 Å². The molecule has 0 unspecified atom stereocenters. The molecule has 1 aromatic heterocycles. The Morgan fingerprint density at radius 1 is 1.38 bits per heavy atom. The molecule has 1 aliphatic carbocycles. The van der Waals surface area contributed by atoms with Gasteiger partial charge in [-0.15, -0.1) is 0 Å². The molecule has 1 aliphatic rings. The van der Waals surface area contributed by atoms with Gasteiger partial charge in [-0.2, -0.15) is 0 Å². The Morgan fingerprint density at radius 3 is 2.75 bits per heavy atom. The monoisotopic (exact) mass is 232 g/mol. The van der Waals surface area contributed by atoms with E-state index < -0.39 is 0 Å². The number of imidazole rings is 1. The van der Waals surface area contributed by atoms with Crippen molar-refractivity contribution < 1.29 is 0 Å². The number of nitrogens with zero attached hydrogens (tertiary/aromatic N) is 1. The summed E-state index contributed by atoms with van der Waals surface area (Å²) in [5, 5.41) is 0. The summed E-state index contributed by atoms with van der Waals surface area (Å²) in [5.74, 6) is 0. The molecule has 3 heteroatoms. The van der Waals surface area contributed by atoms with Crippen molar-refractivity contribution in [3.8, 4) is 0 Å². The van der Waals surface area contributed by atoms with Gasteiger partial charge in [0.05, 0.1) is 11.0 Å². The lowest BCUT2D eigenvalue weighted by molar-refractivity contribution is 0.172. The van der Waals surface area contributed by atoms with Crippen LogP contribution in [0.25, 0.3) is 11.0 Å². The van der Waals surface area contributed by atoms with Crippen LogP contribution >= 0.6 is 12.2 Å². The normalized spacial score (nSPS) is 18.6. The minimum absolute atomic E-state index is 0.239. The Labute approximate surface area is 100 Å². The van der Waals surface area contributed by atoms with Gasteiger partial charge in [0.15, 0.2) is 4.77 Å². The highest BCUT2D eigenvalue weighted by atomic mass is 32.1. The van der Waals surface area contributed by atoms with Gasteiger partial charge in [-0.05, 0) is 63.0 Å². The van der Waals surface area contributed by atoms with E-state index in [4.69, 9.17) is 12.2 Å². The fourth-order valence-corrected chi connectivity index (χ4v) is 3.09. The van der Waals surface area contributed by atoms with E-state index in [1.807, 2.05) is 0 Å². The zero-order chi connectivity index (χ0) is 11.3. The molecule has 0 aliphatic heterocycles. The molecule has 1 heterocycles. The number of aryl methyl sites for hydroxylation is 1. The number of hydrogen-bond donors (Lipinski definition) is 1. The second kappa shape index (κ2) is 3.20. The number of H-pyrrole nitrogens is 1. The molecule has 1 saturated carbocycles. The predicted octanol–water partition coefficient (Wildman–Crippen LogP) is 3.91. The molecule has 2 nitrogen and oxygen atoms in total. The first-order valence-corrected chi connectivity index (χ1v) is 6.23. The zero-order valence-corrected chi connectivity index (χ0v) is 10.5. The van der Waals surface area contributed by atoms with Crippen LogP contribution in [-0.2, 0) is 5.54 Å². The molecular weight excluding hydrogens is 216 g/mol. The van der Waals surface area contributed by atoms with Crippen LogP contribution in [-0.4, -0.2) is 9.55 Å². The minimum Gasteiger partial charge on any atom is -0.331 e. The van der Waals surface area contributed by atoms with Crippen LogP contribution in [0.1, 0.15) is 31.7 Å². The van der Waals surface area contributed by atoms with Crippen LogP contribution in [0.2, 0.25) is 0 Å². The summed E-state index contributed by atoms with van der Waals surface area (Å²) in [6, 6.07) is 6.48. The highest BCUT2D eigenvalue weighted by molar-refractivity contribution is 7.71. The number of nitrogens with one attached hydrogen (secondary N) is 1.